The third kappa shape index (κ3) is 8.98. The first-order valence-electron chi connectivity index (χ1n) is 10.9. The molecule has 1 aliphatic rings. The molecule has 1 aliphatic carbocycles. The number of benzene rings is 2. The molecule has 0 aromatic heterocycles. The fourth-order valence-electron chi connectivity index (χ4n) is 4.19. The Hall–Kier alpha value is -1.95. The molecule has 0 aliphatic heterocycles. The Kier molecular flexibility index (Phi) is 11.0. The quantitative estimate of drug-likeness (QED) is 0.374. The highest BCUT2D eigenvalue weighted by molar-refractivity contribution is 6.40. The number of hydrogen-bond acceptors (Lipinski definition) is 5. The van der Waals surface area contributed by atoms with Gasteiger partial charge in [0.2, 0.25) is 0 Å². The van der Waals surface area contributed by atoms with E-state index in [2.05, 4.69) is 36.4 Å². The lowest BCUT2D eigenvalue weighted by Crippen LogP contribution is -2.39. The second-order valence-corrected chi connectivity index (χ2v) is 8.79. The molecule has 0 heterocycles. The summed E-state index contributed by atoms with van der Waals surface area (Å²) in [4.78, 5) is 16.2. The number of halogens is 1. The van der Waals surface area contributed by atoms with Crippen LogP contribution in [-0.2, 0) is 16.0 Å². The van der Waals surface area contributed by atoms with Gasteiger partial charge in [-0.3, -0.25) is 0 Å². The molecule has 0 radical (unpaired) electrons. The van der Waals surface area contributed by atoms with Crippen LogP contribution in [0.4, 0.5) is 0 Å². The minimum absolute atomic E-state index is 0.250. The monoisotopic (exact) mass is 443 g/mol. The van der Waals surface area contributed by atoms with Crippen LogP contribution in [0, 0.1) is 11.8 Å². The fourth-order valence-corrected chi connectivity index (χ4v) is 4.32. The minimum Gasteiger partial charge on any atom is -0.427 e. The summed E-state index contributed by atoms with van der Waals surface area (Å²) in [5.74, 6) is 1.45. The number of rotatable bonds is 10. The van der Waals surface area contributed by atoms with E-state index in [4.69, 9.17) is 37.0 Å². The minimum atomic E-state index is -1.18. The maximum Gasteiger partial charge on any atom is 0.451 e. The highest BCUT2D eigenvalue weighted by atomic mass is 35.5. The van der Waals surface area contributed by atoms with E-state index >= 15 is 0 Å². The summed E-state index contributed by atoms with van der Waals surface area (Å²) in [7, 11) is -1.18. The van der Waals surface area contributed by atoms with Crippen molar-refractivity contribution >= 4 is 24.9 Å². The molecule has 7 heteroatoms. The van der Waals surface area contributed by atoms with Crippen molar-refractivity contribution in [3.05, 3.63) is 59.1 Å². The largest absolute Gasteiger partial charge is 0.451 e. The van der Waals surface area contributed by atoms with Gasteiger partial charge in [-0.2, -0.15) is 9.59 Å². The molecule has 31 heavy (non-hydrogen) atoms. The molecule has 1 unspecified atom stereocenters. The van der Waals surface area contributed by atoms with Gasteiger partial charge in [-0.1, -0.05) is 60.8 Å². The molecule has 5 nitrogen and oxygen atoms in total. The Labute approximate surface area is 189 Å². The van der Waals surface area contributed by atoms with Crippen molar-refractivity contribution in [2.75, 3.05) is 0 Å². The molecule has 0 bridgehead atoms. The standard InChI is InChI=1S/C23H31BClNO2.CO2/c25-22-12-10-20(11-13-22)19-8-6-17(7-9-19)4-5-18-15-21(16-18)23(26)3-1-2-14-24(27)28;2-1-3/h6-13,18,21,23,27-28H,1-5,14-16,26H2;. The van der Waals surface area contributed by atoms with Gasteiger partial charge in [0.1, 0.15) is 0 Å². The van der Waals surface area contributed by atoms with Gasteiger partial charge < -0.3 is 15.8 Å². The summed E-state index contributed by atoms with van der Waals surface area (Å²) in [5, 5.41) is 18.5. The molecule has 1 atom stereocenters. The van der Waals surface area contributed by atoms with Crippen molar-refractivity contribution in [3.63, 3.8) is 0 Å². The lowest BCUT2D eigenvalue weighted by molar-refractivity contribution is -0.191. The summed E-state index contributed by atoms with van der Waals surface area (Å²) in [6.45, 7) is 0. The number of nitrogens with two attached hydrogens (primary N) is 1. The SMILES string of the molecule is NC(CCCCB(O)O)C1CC(CCc2ccc(-c3ccc(Cl)cc3)cc2)C1.O=C=O. The van der Waals surface area contributed by atoms with Crippen molar-refractivity contribution in [3.8, 4) is 11.1 Å². The second kappa shape index (κ2) is 13.5. The maximum absolute atomic E-state index is 8.87. The van der Waals surface area contributed by atoms with Crippen LogP contribution in [0.1, 0.15) is 44.1 Å². The van der Waals surface area contributed by atoms with Gasteiger partial charge in [0.05, 0.1) is 0 Å². The molecule has 0 spiro atoms. The average Bonchev–Trinajstić information content (AvgIpc) is 2.71. The molecular weight excluding hydrogens is 413 g/mol. The maximum atomic E-state index is 8.87. The van der Waals surface area contributed by atoms with Gasteiger partial charge in [-0.25, -0.2) is 0 Å². The van der Waals surface area contributed by atoms with E-state index in [1.165, 1.54) is 36.0 Å². The first kappa shape index (κ1) is 25.3. The van der Waals surface area contributed by atoms with Crippen molar-refractivity contribution in [1.29, 1.82) is 0 Å². The summed E-state index contributed by atoms with van der Waals surface area (Å²) in [5.41, 5.74) is 10.1. The van der Waals surface area contributed by atoms with Gasteiger partial charge in [0.15, 0.2) is 0 Å². The van der Waals surface area contributed by atoms with E-state index < -0.39 is 7.12 Å². The van der Waals surface area contributed by atoms with E-state index in [1.54, 1.807) is 0 Å². The zero-order chi connectivity index (χ0) is 22.6. The van der Waals surface area contributed by atoms with Gasteiger partial charge in [0, 0.05) is 11.1 Å². The lowest BCUT2D eigenvalue weighted by Gasteiger charge is -2.39. The number of aryl methyl sites for hydroxylation is 1. The Morgan fingerprint density at radius 1 is 1.00 bits per heavy atom. The lowest BCUT2D eigenvalue weighted by atomic mass is 9.68. The van der Waals surface area contributed by atoms with Crippen LogP contribution in [0.3, 0.4) is 0 Å². The first-order valence-corrected chi connectivity index (χ1v) is 11.3. The molecule has 3 rings (SSSR count). The predicted octanol–water partition coefficient (Wildman–Crippen LogP) is 4.35. The van der Waals surface area contributed by atoms with Crippen molar-refractivity contribution in [2.45, 2.75) is 57.3 Å². The Bertz CT molecular complexity index is 801. The van der Waals surface area contributed by atoms with Crippen LogP contribution >= 0.6 is 11.6 Å². The highest BCUT2D eigenvalue weighted by Gasteiger charge is 2.32. The summed E-state index contributed by atoms with van der Waals surface area (Å²) < 4.78 is 0. The molecule has 2 aromatic rings. The van der Waals surface area contributed by atoms with E-state index in [0.29, 0.717) is 12.2 Å². The van der Waals surface area contributed by atoms with Crippen molar-refractivity contribution in [2.24, 2.45) is 17.6 Å². The van der Waals surface area contributed by atoms with Crippen LogP contribution < -0.4 is 5.73 Å². The smallest absolute Gasteiger partial charge is 0.427 e. The van der Waals surface area contributed by atoms with Crippen LogP contribution in [0.15, 0.2) is 48.5 Å². The highest BCUT2D eigenvalue weighted by Crippen LogP contribution is 2.39. The predicted molar refractivity (Wildman–Crippen MR) is 123 cm³/mol. The third-order valence-electron chi connectivity index (χ3n) is 6.10. The Morgan fingerprint density at radius 3 is 2.10 bits per heavy atom. The first-order chi connectivity index (χ1) is 14.9. The second-order valence-electron chi connectivity index (χ2n) is 8.35. The van der Waals surface area contributed by atoms with E-state index in [0.717, 1.165) is 36.6 Å². The Balaban J connectivity index is 0.00000107. The fraction of sp³-hybridized carbons (Fsp3) is 0.458. The number of carbonyl (C=O) groups excluding carboxylic acids is 2. The van der Waals surface area contributed by atoms with Gasteiger partial charge in [-0.15, -0.1) is 0 Å². The molecular formula is C24H31BClNO4. The van der Waals surface area contributed by atoms with Crippen LogP contribution in [-0.4, -0.2) is 29.4 Å². The van der Waals surface area contributed by atoms with E-state index in [-0.39, 0.29) is 12.2 Å². The van der Waals surface area contributed by atoms with Crippen LogP contribution in [0.25, 0.3) is 11.1 Å². The third-order valence-corrected chi connectivity index (χ3v) is 6.35. The van der Waals surface area contributed by atoms with Gasteiger partial charge >= 0.3 is 13.3 Å². The summed E-state index contributed by atoms with van der Waals surface area (Å²) >= 11 is 5.96. The summed E-state index contributed by atoms with van der Waals surface area (Å²) in [6.07, 6.45) is 8.38. The van der Waals surface area contributed by atoms with E-state index in [9.17, 15) is 0 Å². The van der Waals surface area contributed by atoms with Gasteiger partial charge in [0.25, 0.3) is 0 Å². The van der Waals surface area contributed by atoms with E-state index in [1.807, 2.05) is 12.1 Å². The zero-order valence-electron chi connectivity index (χ0n) is 17.8. The molecule has 0 saturated heterocycles. The molecule has 1 fully saturated rings. The molecule has 4 N–H and O–H groups in total. The molecule has 0 amide bonds. The molecule has 1 saturated carbocycles. The number of hydrogen-bond donors (Lipinski definition) is 3. The zero-order valence-corrected chi connectivity index (χ0v) is 18.5. The molecule has 166 valence electrons. The topological polar surface area (TPSA) is 101 Å². The van der Waals surface area contributed by atoms with Crippen molar-refractivity contribution < 1.29 is 19.6 Å². The van der Waals surface area contributed by atoms with Crippen LogP contribution in [0.2, 0.25) is 11.3 Å². The Morgan fingerprint density at radius 2 is 1.55 bits per heavy atom. The van der Waals surface area contributed by atoms with Crippen molar-refractivity contribution in [1.82, 2.24) is 0 Å². The average molecular weight is 444 g/mol. The van der Waals surface area contributed by atoms with Crippen LogP contribution in [0.5, 0.6) is 0 Å². The number of unbranched alkanes of at least 4 members (excludes halogenated alkanes) is 1. The van der Waals surface area contributed by atoms with Gasteiger partial charge in [-0.05, 0) is 79.1 Å². The summed E-state index contributed by atoms with van der Waals surface area (Å²) in [6, 6.07) is 17.1. The normalized spacial score (nSPS) is 18.2. The molecule has 2 aromatic carbocycles.